The first kappa shape index (κ1) is 13.3. The van der Waals surface area contributed by atoms with Crippen LogP contribution >= 0.6 is 0 Å². The van der Waals surface area contributed by atoms with E-state index < -0.39 is 4.92 Å². The van der Waals surface area contributed by atoms with Crippen molar-refractivity contribution in [1.29, 1.82) is 5.26 Å². The van der Waals surface area contributed by atoms with Gasteiger partial charge in [-0.05, 0) is 44.0 Å². The summed E-state index contributed by atoms with van der Waals surface area (Å²) in [4.78, 5) is 10.5. The molecule has 1 unspecified atom stereocenters. The fourth-order valence-electron chi connectivity index (χ4n) is 2.27. The zero-order valence-corrected chi connectivity index (χ0v) is 10.6. The lowest BCUT2D eigenvalue weighted by atomic mass is 10.1. The second-order valence-corrected chi connectivity index (χ2v) is 4.68. The van der Waals surface area contributed by atoms with E-state index >= 15 is 0 Å². The van der Waals surface area contributed by atoms with Crippen LogP contribution in [0.5, 0.6) is 0 Å². The first-order chi connectivity index (χ1) is 9.20. The van der Waals surface area contributed by atoms with Gasteiger partial charge in [0, 0.05) is 12.6 Å². The van der Waals surface area contributed by atoms with Crippen molar-refractivity contribution in [1.82, 2.24) is 5.32 Å². The van der Waals surface area contributed by atoms with Gasteiger partial charge in [-0.25, -0.2) is 0 Å². The van der Waals surface area contributed by atoms with Gasteiger partial charge in [-0.15, -0.1) is 0 Å². The molecule has 1 fully saturated rings. The molecule has 0 amide bonds. The van der Waals surface area contributed by atoms with Crippen molar-refractivity contribution in [3.8, 4) is 6.07 Å². The minimum Gasteiger partial charge on any atom is -0.379 e. The second-order valence-electron chi connectivity index (χ2n) is 4.68. The van der Waals surface area contributed by atoms with Crippen molar-refractivity contribution in [2.24, 2.45) is 5.92 Å². The number of hydrogen-bond acceptors (Lipinski definition) is 5. The highest BCUT2D eigenvalue weighted by atomic mass is 16.6. The summed E-state index contributed by atoms with van der Waals surface area (Å²) in [6.07, 6.45) is 2.15. The van der Waals surface area contributed by atoms with Crippen LogP contribution in [0.15, 0.2) is 18.2 Å². The molecule has 1 atom stereocenters. The van der Waals surface area contributed by atoms with Gasteiger partial charge in [0.1, 0.15) is 5.69 Å². The third-order valence-corrected chi connectivity index (χ3v) is 3.35. The van der Waals surface area contributed by atoms with Crippen LogP contribution in [0.4, 0.5) is 11.4 Å². The van der Waals surface area contributed by atoms with Crippen LogP contribution in [0.2, 0.25) is 0 Å². The lowest BCUT2D eigenvalue weighted by molar-refractivity contribution is -0.384. The van der Waals surface area contributed by atoms with Gasteiger partial charge in [-0.2, -0.15) is 5.26 Å². The maximum absolute atomic E-state index is 11.0. The molecule has 100 valence electrons. The Morgan fingerprint density at radius 1 is 1.58 bits per heavy atom. The van der Waals surface area contributed by atoms with Crippen molar-refractivity contribution in [2.75, 3.05) is 25.0 Å². The molecule has 2 N–H and O–H groups in total. The van der Waals surface area contributed by atoms with Gasteiger partial charge in [-0.1, -0.05) is 0 Å². The van der Waals surface area contributed by atoms with Crippen LogP contribution in [-0.2, 0) is 0 Å². The Kier molecular flexibility index (Phi) is 4.31. The smallest absolute Gasteiger partial charge is 0.293 e. The highest BCUT2D eigenvalue weighted by molar-refractivity contribution is 5.63. The van der Waals surface area contributed by atoms with Gasteiger partial charge >= 0.3 is 0 Å². The van der Waals surface area contributed by atoms with E-state index in [4.69, 9.17) is 5.26 Å². The van der Waals surface area contributed by atoms with Gasteiger partial charge in [0.15, 0.2) is 0 Å². The van der Waals surface area contributed by atoms with Crippen molar-refractivity contribution in [3.05, 3.63) is 33.9 Å². The molecule has 0 bridgehead atoms. The Morgan fingerprint density at radius 3 is 3.05 bits per heavy atom. The Hall–Kier alpha value is -2.13. The molecule has 1 aliphatic rings. The average Bonchev–Trinajstić information content (AvgIpc) is 2.92. The molecule has 6 heteroatoms. The summed E-state index contributed by atoms with van der Waals surface area (Å²) in [6.45, 7) is 2.79. The average molecular weight is 260 g/mol. The SMILES string of the molecule is N#Cc1ccc(NCCC2CCNC2)c([N+](=O)[O-])c1. The van der Waals surface area contributed by atoms with E-state index in [9.17, 15) is 10.1 Å². The standard InChI is InChI=1S/C13H16N4O2/c14-8-11-1-2-12(13(7-11)17(18)19)16-6-4-10-3-5-15-9-10/h1-2,7,10,15-16H,3-6,9H2. The normalized spacial score (nSPS) is 17.9. The predicted octanol–water partition coefficient (Wildman–Crippen LogP) is 1.88. The topological polar surface area (TPSA) is 91.0 Å². The van der Waals surface area contributed by atoms with E-state index in [-0.39, 0.29) is 5.69 Å². The first-order valence-corrected chi connectivity index (χ1v) is 6.34. The van der Waals surface area contributed by atoms with Gasteiger partial charge in [0.2, 0.25) is 0 Å². The maximum atomic E-state index is 11.0. The molecule has 1 saturated heterocycles. The van der Waals surface area contributed by atoms with Crippen molar-refractivity contribution in [3.63, 3.8) is 0 Å². The van der Waals surface area contributed by atoms with Gasteiger partial charge in [0.25, 0.3) is 5.69 Å². The summed E-state index contributed by atoms with van der Waals surface area (Å²) in [6, 6.07) is 6.41. The number of benzene rings is 1. The van der Waals surface area contributed by atoms with Crippen molar-refractivity contribution in [2.45, 2.75) is 12.8 Å². The summed E-state index contributed by atoms with van der Waals surface area (Å²) < 4.78 is 0. The van der Waals surface area contributed by atoms with Crippen LogP contribution < -0.4 is 10.6 Å². The summed E-state index contributed by atoms with van der Waals surface area (Å²) in [5.74, 6) is 0.643. The minimum atomic E-state index is -0.458. The molecule has 0 radical (unpaired) electrons. The number of rotatable bonds is 5. The summed E-state index contributed by atoms with van der Waals surface area (Å²) in [5, 5.41) is 26.1. The number of anilines is 1. The third-order valence-electron chi connectivity index (χ3n) is 3.35. The van der Waals surface area contributed by atoms with Gasteiger partial charge in [0.05, 0.1) is 16.6 Å². The molecular weight excluding hydrogens is 244 g/mol. The fourth-order valence-corrected chi connectivity index (χ4v) is 2.27. The zero-order valence-electron chi connectivity index (χ0n) is 10.6. The Balaban J connectivity index is 1.98. The summed E-state index contributed by atoms with van der Waals surface area (Å²) in [5.41, 5.74) is 0.746. The number of nitro benzene ring substituents is 1. The van der Waals surface area contributed by atoms with Crippen molar-refractivity contribution < 1.29 is 4.92 Å². The van der Waals surface area contributed by atoms with Gasteiger partial charge < -0.3 is 10.6 Å². The first-order valence-electron chi connectivity index (χ1n) is 6.34. The maximum Gasteiger partial charge on any atom is 0.293 e. The lowest BCUT2D eigenvalue weighted by Crippen LogP contribution is -2.13. The molecule has 1 aromatic carbocycles. The molecule has 0 aliphatic carbocycles. The van der Waals surface area contributed by atoms with Crippen molar-refractivity contribution >= 4 is 11.4 Å². The molecule has 2 rings (SSSR count). The number of nitrogens with one attached hydrogen (secondary N) is 2. The Labute approximate surface area is 111 Å². The van der Waals surface area contributed by atoms with E-state index in [0.717, 1.165) is 25.9 Å². The highest BCUT2D eigenvalue weighted by Gasteiger charge is 2.16. The molecule has 0 aromatic heterocycles. The number of nitriles is 1. The van der Waals surface area contributed by atoms with Crippen LogP contribution in [0.1, 0.15) is 18.4 Å². The molecule has 1 heterocycles. The molecule has 19 heavy (non-hydrogen) atoms. The fraction of sp³-hybridized carbons (Fsp3) is 0.462. The number of nitrogens with zero attached hydrogens (tertiary/aromatic N) is 2. The number of hydrogen-bond donors (Lipinski definition) is 2. The molecule has 0 saturated carbocycles. The molecule has 6 nitrogen and oxygen atoms in total. The van der Waals surface area contributed by atoms with Gasteiger partial charge in [-0.3, -0.25) is 10.1 Å². The van der Waals surface area contributed by atoms with E-state index in [2.05, 4.69) is 10.6 Å². The van der Waals surface area contributed by atoms with E-state index in [1.54, 1.807) is 12.1 Å². The van der Waals surface area contributed by atoms with Crippen LogP contribution in [-0.4, -0.2) is 24.6 Å². The Bertz CT molecular complexity index is 504. The quantitative estimate of drug-likeness (QED) is 0.623. The van der Waals surface area contributed by atoms with Crippen LogP contribution in [0.25, 0.3) is 0 Å². The van der Waals surface area contributed by atoms with Crippen LogP contribution in [0.3, 0.4) is 0 Å². The molecule has 1 aromatic rings. The largest absolute Gasteiger partial charge is 0.379 e. The second kappa shape index (κ2) is 6.16. The highest BCUT2D eigenvalue weighted by Crippen LogP contribution is 2.25. The number of nitro groups is 1. The third kappa shape index (κ3) is 3.42. The van der Waals surface area contributed by atoms with E-state index in [0.29, 0.717) is 23.7 Å². The Morgan fingerprint density at radius 2 is 2.42 bits per heavy atom. The molecule has 0 spiro atoms. The summed E-state index contributed by atoms with van der Waals surface area (Å²) in [7, 11) is 0. The monoisotopic (exact) mass is 260 g/mol. The molecule has 1 aliphatic heterocycles. The van der Waals surface area contributed by atoms with E-state index in [1.807, 2.05) is 6.07 Å². The summed E-state index contributed by atoms with van der Waals surface area (Å²) >= 11 is 0. The van der Waals surface area contributed by atoms with Crippen LogP contribution in [0, 0.1) is 27.4 Å². The lowest BCUT2D eigenvalue weighted by Gasteiger charge is -2.10. The van der Waals surface area contributed by atoms with E-state index in [1.165, 1.54) is 6.07 Å². The molecular formula is C13H16N4O2. The minimum absolute atomic E-state index is 0.0383. The zero-order chi connectivity index (χ0) is 13.7. The predicted molar refractivity (Wildman–Crippen MR) is 71.9 cm³/mol.